The topological polar surface area (TPSA) is 32.3 Å². The number of fused-ring (bicyclic) bond motifs is 1. The molecule has 34 heavy (non-hydrogen) atoms. The van der Waals surface area contributed by atoms with Gasteiger partial charge in [0.25, 0.3) is 0 Å². The summed E-state index contributed by atoms with van der Waals surface area (Å²) < 4.78 is 38.6. The first-order valence-corrected chi connectivity index (χ1v) is 12.0. The Morgan fingerprint density at radius 2 is 1.65 bits per heavy atom. The summed E-state index contributed by atoms with van der Waals surface area (Å²) in [5.74, 6) is 1.83. The molecule has 2 atom stereocenters. The number of benzene rings is 1. The SMILES string of the molecule is CC1C=c2c(N3CCN(c4ccc(C(F)(F)F)cc4)CC3)nnc(CC3C=CC=CC3)c2=CC1. The maximum absolute atomic E-state index is 12.9. The standard InChI is InChI=1S/C27H29F3N4/c1-19-7-12-23-24(17-19)26(32-31-25(23)18-20-5-3-2-4-6-20)34-15-13-33(14-16-34)22-10-8-21(9-11-22)27(28,29)30/h2-5,8-12,17,19-20H,6-7,13-16,18H2,1H3. The van der Waals surface area contributed by atoms with Crippen LogP contribution >= 0.6 is 0 Å². The van der Waals surface area contributed by atoms with Crippen molar-refractivity contribution in [3.05, 3.63) is 70.3 Å². The van der Waals surface area contributed by atoms with E-state index in [0.717, 1.165) is 74.8 Å². The van der Waals surface area contributed by atoms with E-state index < -0.39 is 11.7 Å². The molecule has 2 aromatic rings. The van der Waals surface area contributed by atoms with E-state index >= 15 is 0 Å². The van der Waals surface area contributed by atoms with Crippen LogP contribution < -0.4 is 20.2 Å². The Hall–Kier alpha value is -3.09. The average molecular weight is 467 g/mol. The predicted molar refractivity (Wildman–Crippen MR) is 130 cm³/mol. The minimum absolute atomic E-state index is 0.453. The molecule has 1 saturated heterocycles. The van der Waals surface area contributed by atoms with Crippen LogP contribution in [0.25, 0.3) is 12.2 Å². The predicted octanol–water partition coefficient (Wildman–Crippen LogP) is 4.10. The van der Waals surface area contributed by atoms with Gasteiger partial charge in [0.1, 0.15) is 0 Å². The lowest BCUT2D eigenvalue weighted by Gasteiger charge is -2.37. The Kier molecular flexibility index (Phi) is 6.19. The highest BCUT2D eigenvalue weighted by molar-refractivity contribution is 5.54. The third-order valence-corrected chi connectivity index (χ3v) is 6.92. The van der Waals surface area contributed by atoms with Gasteiger partial charge in [0, 0.05) is 42.3 Å². The van der Waals surface area contributed by atoms with E-state index in [-0.39, 0.29) is 0 Å². The molecule has 178 valence electrons. The molecular formula is C27H29F3N4. The molecule has 2 heterocycles. The molecule has 0 amide bonds. The minimum atomic E-state index is -4.31. The Bertz CT molecular complexity index is 1210. The van der Waals surface area contributed by atoms with Crippen LogP contribution in [0.15, 0.2) is 48.6 Å². The number of piperazine rings is 1. The maximum Gasteiger partial charge on any atom is 0.416 e. The largest absolute Gasteiger partial charge is 0.416 e. The Labute approximate surface area is 197 Å². The third kappa shape index (κ3) is 4.74. The van der Waals surface area contributed by atoms with Crippen molar-refractivity contribution in [3.8, 4) is 0 Å². The molecule has 3 aliphatic rings. The maximum atomic E-state index is 12.9. The van der Waals surface area contributed by atoms with Crippen molar-refractivity contribution in [1.29, 1.82) is 0 Å². The van der Waals surface area contributed by atoms with Gasteiger partial charge < -0.3 is 9.80 Å². The van der Waals surface area contributed by atoms with Crippen molar-refractivity contribution in [2.24, 2.45) is 11.8 Å². The summed E-state index contributed by atoms with van der Waals surface area (Å²) in [6.07, 6.45) is 11.9. The van der Waals surface area contributed by atoms with Crippen molar-refractivity contribution < 1.29 is 13.2 Å². The molecule has 4 nitrogen and oxygen atoms in total. The van der Waals surface area contributed by atoms with Gasteiger partial charge in [-0.25, -0.2) is 0 Å². The summed E-state index contributed by atoms with van der Waals surface area (Å²) in [7, 11) is 0. The average Bonchev–Trinajstić information content (AvgIpc) is 2.84. The summed E-state index contributed by atoms with van der Waals surface area (Å²) in [5.41, 5.74) is 1.27. The highest BCUT2D eigenvalue weighted by Crippen LogP contribution is 2.30. The molecular weight excluding hydrogens is 437 g/mol. The number of nitrogens with zero attached hydrogens (tertiary/aromatic N) is 4. The number of hydrogen-bond acceptors (Lipinski definition) is 4. The van der Waals surface area contributed by atoms with Crippen LogP contribution in [0.1, 0.15) is 31.0 Å². The zero-order chi connectivity index (χ0) is 23.7. The molecule has 5 rings (SSSR count). The van der Waals surface area contributed by atoms with Gasteiger partial charge in [-0.3, -0.25) is 0 Å². The number of anilines is 2. The number of halogens is 3. The van der Waals surface area contributed by atoms with Crippen molar-refractivity contribution >= 4 is 23.7 Å². The van der Waals surface area contributed by atoms with E-state index in [2.05, 4.69) is 58.3 Å². The van der Waals surface area contributed by atoms with Crippen LogP contribution in [0.3, 0.4) is 0 Å². The molecule has 0 N–H and O–H groups in total. The van der Waals surface area contributed by atoms with Gasteiger partial charge >= 0.3 is 6.18 Å². The molecule has 2 unspecified atom stereocenters. The summed E-state index contributed by atoms with van der Waals surface area (Å²) in [6.45, 7) is 5.17. The zero-order valence-corrected chi connectivity index (χ0v) is 19.3. The summed E-state index contributed by atoms with van der Waals surface area (Å²) >= 11 is 0. The van der Waals surface area contributed by atoms with Crippen molar-refractivity contribution in [2.75, 3.05) is 36.0 Å². The monoisotopic (exact) mass is 466 g/mol. The van der Waals surface area contributed by atoms with Gasteiger partial charge in [-0.05, 0) is 55.4 Å². The summed E-state index contributed by atoms with van der Waals surface area (Å²) in [6, 6.07) is 5.44. The molecule has 2 aliphatic carbocycles. The lowest BCUT2D eigenvalue weighted by atomic mass is 9.92. The molecule has 0 radical (unpaired) electrons. The van der Waals surface area contributed by atoms with Crippen LogP contribution in [-0.4, -0.2) is 36.4 Å². The molecule has 1 aromatic carbocycles. The second kappa shape index (κ2) is 9.28. The molecule has 0 spiro atoms. The Morgan fingerprint density at radius 3 is 2.32 bits per heavy atom. The van der Waals surface area contributed by atoms with Crippen molar-refractivity contribution in [2.45, 2.75) is 32.4 Å². The molecule has 7 heteroatoms. The Morgan fingerprint density at radius 1 is 0.912 bits per heavy atom. The van der Waals surface area contributed by atoms with Gasteiger partial charge in [-0.1, -0.05) is 43.4 Å². The fourth-order valence-electron chi connectivity index (χ4n) is 4.99. The number of rotatable bonds is 4. The van der Waals surface area contributed by atoms with E-state index in [4.69, 9.17) is 5.10 Å². The molecule has 1 aliphatic heterocycles. The molecule has 1 fully saturated rings. The number of hydrogen-bond donors (Lipinski definition) is 0. The highest BCUT2D eigenvalue weighted by atomic mass is 19.4. The van der Waals surface area contributed by atoms with Crippen molar-refractivity contribution in [3.63, 3.8) is 0 Å². The minimum Gasteiger partial charge on any atom is -0.368 e. The number of alkyl halides is 3. The number of allylic oxidation sites excluding steroid dienone is 4. The van der Waals surface area contributed by atoms with Crippen LogP contribution in [0, 0.1) is 11.8 Å². The van der Waals surface area contributed by atoms with Crippen LogP contribution in [-0.2, 0) is 12.6 Å². The Balaban J connectivity index is 1.34. The highest BCUT2D eigenvalue weighted by Gasteiger charge is 2.30. The van der Waals surface area contributed by atoms with Gasteiger partial charge in [0.2, 0.25) is 0 Å². The number of aromatic nitrogens is 2. The lowest BCUT2D eigenvalue weighted by Crippen LogP contribution is -2.50. The van der Waals surface area contributed by atoms with Gasteiger partial charge in [0.15, 0.2) is 5.82 Å². The van der Waals surface area contributed by atoms with Gasteiger partial charge in [0.05, 0.1) is 11.3 Å². The van der Waals surface area contributed by atoms with E-state index in [9.17, 15) is 13.2 Å². The summed E-state index contributed by atoms with van der Waals surface area (Å²) in [4.78, 5) is 4.40. The first-order valence-electron chi connectivity index (χ1n) is 12.0. The second-order valence-corrected chi connectivity index (χ2v) is 9.41. The van der Waals surface area contributed by atoms with Crippen LogP contribution in [0.5, 0.6) is 0 Å². The van der Waals surface area contributed by atoms with E-state index in [0.29, 0.717) is 11.8 Å². The molecule has 1 aromatic heterocycles. The first-order chi connectivity index (χ1) is 16.4. The molecule has 0 saturated carbocycles. The molecule has 0 bridgehead atoms. The first kappa shape index (κ1) is 22.7. The van der Waals surface area contributed by atoms with E-state index in [1.165, 1.54) is 10.4 Å². The fraction of sp³-hybridized carbons (Fsp3) is 0.407. The normalized spacial score (nSPS) is 22.2. The second-order valence-electron chi connectivity index (χ2n) is 9.41. The smallest absolute Gasteiger partial charge is 0.368 e. The third-order valence-electron chi connectivity index (χ3n) is 6.92. The van der Waals surface area contributed by atoms with E-state index in [1.807, 2.05) is 0 Å². The van der Waals surface area contributed by atoms with Gasteiger partial charge in [-0.15, -0.1) is 5.10 Å². The lowest BCUT2D eigenvalue weighted by molar-refractivity contribution is -0.137. The zero-order valence-electron chi connectivity index (χ0n) is 19.3. The van der Waals surface area contributed by atoms with Crippen molar-refractivity contribution in [1.82, 2.24) is 10.2 Å². The van der Waals surface area contributed by atoms with E-state index in [1.54, 1.807) is 12.1 Å². The fourth-order valence-corrected chi connectivity index (χ4v) is 4.99. The summed E-state index contributed by atoms with van der Waals surface area (Å²) in [5, 5.41) is 11.8. The van der Waals surface area contributed by atoms with Gasteiger partial charge in [-0.2, -0.15) is 18.3 Å². The van der Waals surface area contributed by atoms with Crippen LogP contribution in [0.4, 0.5) is 24.7 Å². The quantitative estimate of drug-likeness (QED) is 0.679. The van der Waals surface area contributed by atoms with Crippen LogP contribution in [0.2, 0.25) is 0 Å².